The van der Waals surface area contributed by atoms with Crippen LogP contribution in [-0.4, -0.2) is 6.04 Å². The maximum absolute atomic E-state index is 5.84. The number of hydrogen-bond donors (Lipinski definition) is 2. The Bertz CT molecular complexity index is 310. The topological polar surface area (TPSA) is 38.0 Å². The molecule has 18 heavy (non-hydrogen) atoms. The van der Waals surface area contributed by atoms with Gasteiger partial charge in [-0.3, -0.25) is 11.3 Å². The molecule has 0 saturated heterocycles. The van der Waals surface area contributed by atoms with Gasteiger partial charge in [-0.15, -0.1) is 0 Å². The lowest BCUT2D eigenvalue weighted by Gasteiger charge is -2.28. The number of rotatable bonds is 4. The van der Waals surface area contributed by atoms with Gasteiger partial charge in [0.25, 0.3) is 0 Å². The van der Waals surface area contributed by atoms with Gasteiger partial charge >= 0.3 is 0 Å². The third kappa shape index (κ3) is 2.65. The SMILES string of the molecule is NNC(CC1CC2CCC1C2)C1=CCCCCC1. The van der Waals surface area contributed by atoms with E-state index in [1.165, 1.54) is 64.2 Å². The molecule has 2 bridgehead atoms. The number of nitrogens with one attached hydrogen (secondary N) is 1. The molecule has 3 aliphatic carbocycles. The van der Waals surface area contributed by atoms with Crippen molar-refractivity contribution in [1.29, 1.82) is 0 Å². The minimum absolute atomic E-state index is 0.465. The Balaban J connectivity index is 1.60. The van der Waals surface area contributed by atoms with Gasteiger partial charge < -0.3 is 0 Å². The number of fused-ring (bicyclic) bond motifs is 2. The molecule has 0 aromatic carbocycles. The zero-order valence-corrected chi connectivity index (χ0v) is 11.5. The Labute approximate surface area is 111 Å². The average Bonchev–Trinajstić information content (AvgIpc) is 2.90. The number of nitrogens with two attached hydrogens (primary N) is 1. The lowest BCUT2D eigenvalue weighted by molar-refractivity contribution is 0.288. The van der Waals surface area contributed by atoms with Crippen molar-refractivity contribution in [2.24, 2.45) is 23.6 Å². The highest BCUT2D eigenvalue weighted by atomic mass is 15.2. The van der Waals surface area contributed by atoms with Crippen molar-refractivity contribution in [1.82, 2.24) is 5.43 Å². The van der Waals surface area contributed by atoms with E-state index in [0.717, 1.165) is 17.8 Å². The molecule has 2 nitrogen and oxygen atoms in total. The predicted octanol–water partition coefficient (Wildman–Crippen LogP) is 3.54. The zero-order valence-electron chi connectivity index (χ0n) is 11.5. The van der Waals surface area contributed by atoms with E-state index in [1.807, 2.05) is 0 Å². The second-order valence-electron chi connectivity index (χ2n) is 6.77. The standard InChI is InChI=1S/C16H28N2/c17-18-16(13-5-3-1-2-4-6-13)11-15-10-12-7-8-14(15)9-12/h5,12,14-16,18H,1-4,6-11,17H2. The minimum atomic E-state index is 0.465. The lowest BCUT2D eigenvalue weighted by atomic mass is 9.82. The van der Waals surface area contributed by atoms with Gasteiger partial charge in [0.05, 0.1) is 0 Å². The van der Waals surface area contributed by atoms with Crippen molar-refractivity contribution in [3.05, 3.63) is 11.6 Å². The number of hydrazine groups is 1. The second kappa shape index (κ2) is 5.75. The molecule has 4 unspecified atom stereocenters. The molecule has 3 aliphatic rings. The molecule has 0 aliphatic heterocycles. The van der Waals surface area contributed by atoms with Gasteiger partial charge in [-0.1, -0.05) is 24.5 Å². The molecule has 3 N–H and O–H groups in total. The van der Waals surface area contributed by atoms with Gasteiger partial charge in [0.1, 0.15) is 0 Å². The summed E-state index contributed by atoms with van der Waals surface area (Å²) in [6, 6.07) is 0.465. The maximum Gasteiger partial charge on any atom is 0.0422 e. The first-order chi connectivity index (χ1) is 8.86. The van der Waals surface area contributed by atoms with E-state index in [4.69, 9.17) is 5.84 Å². The third-order valence-corrected chi connectivity index (χ3v) is 5.65. The van der Waals surface area contributed by atoms with Crippen LogP contribution in [0.4, 0.5) is 0 Å². The Morgan fingerprint density at radius 1 is 1.22 bits per heavy atom. The lowest BCUT2D eigenvalue weighted by Crippen LogP contribution is -2.38. The van der Waals surface area contributed by atoms with Crippen LogP contribution >= 0.6 is 0 Å². The van der Waals surface area contributed by atoms with Crippen LogP contribution in [0, 0.1) is 17.8 Å². The minimum Gasteiger partial charge on any atom is -0.271 e. The average molecular weight is 248 g/mol. The largest absolute Gasteiger partial charge is 0.271 e. The van der Waals surface area contributed by atoms with Crippen LogP contribution in [0.2, 0.25) is 0 Å². The van der Waals surface area contributed by atoms with Gasteiger partial charge in [0.15, 0.2) is 0 Å². The van der Waals surface area contributed by atoms with Gasteiger partial charge in [0.2, 0.25) is 0 Å². The van der Waals surface area contributed by atoms with Gasteiger partial charge in [-0.25, -0.2) is 0 Å². The predicted molar refractivity (Wildman–Crippen MR) is 75.8 cm³/mol. The van der Waals surface area contributed by atoms with Crippen LogP contribution in [0.1, 0.15) is 64.2 Å². The molecule has 0 spiro atoms. The summed E-state index contributed by atoms with van der Waals surface area (Å²) >= 11 is 0. The summed E-state index contributed by atoms with van der Waals surface area (Å²) in [6.07, 6.45) is 16.4. The molecule has 0 heterocycles. The van der Waals surface area contributed by atoms with Crippen molar-refractivity contribution >= 4 is 0 Å². The molecule has 2 heteroatoms. The van der Waals surface area contributed by atoms with E-state index >= 15 is 0 Å². The van der Waals surface area contributed by atoms with Crippen LogP contribution in [-0.2, 0) is 0 Å². The molecule has 0 radical (unpaired) electrons. The van der Waals surface area contributed by atoms with Crippen molar-refractivity contribution in [2.45, 2.75) is 70.3 Å². The van der Waals surface area contributed by atoms with Crippen molar-refractivity contribution in [2.75, 3.05) is 0 Å². The van der Waals surface area contributed by atoms with E-state index in [0.29, 0.717) is 6.04 Å². The van der Waals surface area contributed by atoms with Crippen LogP contribution in [0.15, 0.2) is 11.6 Å². The highest BCUT2D eigenvalue weighted by Gasteiger charge is 2.40. The summed E-state index contributed by atoms with van der Waals surface area (Å²) in [4.78, 5) is 0. The second-order valence-corrected chi connectivity index (χ2v) is 6.77. The quantitative estimate of drug-likeness (QED) is 0.454. The molecule has 3 rings (SSSR count). The first-order valence-electron chi connectivity index (χ1n) is 8.02. The Morgan fingerprint density at radius 2 is 2.17 bits per heavy atom. The smallest absolute Gasteiger partial charge is 0.0422 e. The first kappa shape index (κ1) is 12.7. The summed E-state index contributed by atoms with van der Waals surface area (Å²) in [5.41, 5.74) is 4.73. The van der Waals surface area contributed by atoms with E-state index < -0.39 is 0 Å². The van der Waals surface area contributed by atoms with Crippen molar-refractivity contribution in [3.63, 3.8) is 0 Å². The zero-order chi connectivity index (χ0) is 12.4. The molecule has 2 saturated carbocycles. The highest BCUT2D eigenvalue weighted by molar-refractivity contribution is 5.12. The van der Waals surface area contributed by atoms with Crippen LogP contribution in [0.3, 0.4) is 0 Å². The maximum atomic E-state index is 5.84. The van der Waals surface area contributed by atoms with Crippen LogP contribution in [0.5, 0.6) is 0 Å². The molecule has 102 valence electrons. The molecule has 2 fully saturated rings. The highest BCUT2D eigenvalue weighted by Crippen LogP contribution is 2.50. The first-order valence-corrected chi connectivity index (χ1v) is 8.02. The van der Waals surface area contributed by atoms with E-state index in [9.17, 15) is 0 Å². The van der Waals surface area contributed by atoms with Crippen molar-refractivity contribution in [3.8, 4) is 0 Å². The summed E-state index contributed by atoms with van der Waals surface area (Å²) in [5.74, 6) is 8.87. The van der Waals surface area contributed by atoms with Gasteiger partial charge in [-0.2, -0.15) is 0 Å². The summed E-state index contributed by atoms with van der Waals surface area (Å²) in [7, 11) is 0. The van der Waals surface area contributed by atoms with Gasteiger partial charge in [0, 0.05) is 6.04 Å². The Hall–Kier alpha value is -0.340. The summed E-state index contributed by atoms with van der Waals surface area (Å²) in [6.45, 7) is 0. The normalized spacial score (nSPS) is 37.4. The Kier molecular flexibility index (Phi) is 4.05. The molecule has 0 amide bonds. The van der Waals surface area contributed by atoms with Crippen LogP contribution < -0.4 is 11.3 Å². The van der Waals surface area contributed by atoms with E-state index in [1.54, 1.807) is 5.57 Å². The number of hydrogen-bond acceptors (Lipinski definition) is 2. The fourth-order valence-corrected chi connectivity index (χ4v) is 4.65. The Morgan fingerprint density at radius 3 is 2.89 bits per heavy atom. The fourth-order valence-electron chi connectivity index (χ4n) is 4.65. The molecule has 0 aromatic rings. The van der Waals surface area contributed by atoms with Gasteiger partial charge in [-0.05, 0) is 69.1 Å². The van der Waals surface area contributed by atoms with E-state index in [2.05, 4.69) is 11.5 Å². The van der Waals surface area contributed by atoms with Crippen molar-refractivity contribution < 1.29 is 0 Å². The summed E-state index contributed by atoms with van der Waals surface area (Å²) in [5, 5.41) is 0. The molecular weight excluding hydrogens is 220 g/mol. The molecule has 0 aromatic heterocycles. The third-order valence-electron chi connectivity index (χ3n) is 5.65. The summed E-state index contributed by atoms with van der Waals surface area (Å²) < 4.78 is 0. The molecular formula is C16H28N2. The monoisotopic (exact) mass is 248 g/mol. The van der Waals surface area contributed by atoms with Crippen LogP contribution in [0.25, 0.3) is 0 Å². The molecule has 4 atom stereocenters. The number of allylic oxidation sites excluding steroid dienone is 1. The van der Waals surface area contributed by atoms with E-state index in [-0.39, 0.29) is 0 Å². The fraction of sp³-hybridized carbons (Fsp3) is 0.875.